The first kappa shape index (κ1) is 22.2. The molecule has 0 unspecified atom stereocenters. The summed E-state index contributed by atoms with van der Waals surface area (Å²) < 4.78 is 28.4. The minimum atomic E-state index is -0.542. The molecule has 2 aromatic carbocycles. The van der Waals surface area contributed by atoms with Crippen LogP contribution in [0.1, 0.15) is 10.4 Å². The van der Waals surface area contributed by atoms with Gasteiger partial charge in [-0.25, -0.2) is 0 Å². The minimum Gasteiger partial charge on any atom is -0.497 e. The number of esters is 1. The summed E-state index contributed by atoms with van der Waals surface area (Å²) in [5, 5.41) is 0. The number of aromatic nitrogens is 1. The third-order valence-electron chi connectivity index (χ3n) is 4.54. The lowest BCUT2D eigenvalue weighted by molar-refractivity contribution is -0.141. The van der Waals surface area contributed by atoms with Crippen LogP contribution in [0.15, 0.2) is 35.3 Å². The van der Waals surface area contributed by atoms with Crippen LogP contribution in [0, 0.1) is 0 Å². The van der Waals surface area contributed by atoms with Gasteiger partial charge in [0.15, 0.2) is 16.3 Å². The van der Waals surface area contributed by atoms with Gasteiger partial charge in [-0.3, -0.25) is 9.59 Å². The van der Waals surface area contributed by atoms with Gasteiger partial charge >= 0.3 is 5.97 Å². The number of ether oxygens (including phenoxy) is 5. The highest BCUT2D eigenvalue weighted by Gasteiger charge is 2.18. The van der Waals surface area contributed by atoms with Crippen molar-refractivity contribution >= 4 is 33.4 Å². The van der Waals surface area contributed by atoms with Crippen LogP contribution in [0.4, 0.5) is 0 Å². The lowest BCUT2D eigenvalue weighted by Crippen LogP contribution is -2.22. The van der Waals surface area contributed by atoms with Gasteiger partial charge in [0.25, 0.3) is 5.91 Å². The molecule has 0 saturated carbocycles. The van der Waals surface area contributed by atoms with Crippen LogP contribution in [-0.4, -0.2) is 52.0 Å². The van der Waals surface area contributed by atoms with E-state index in [0.29, 0.717) is 33.3 Å². The number of hydrogen-bond donors (Lipinski definition) is 0. The summed E-state index contributed by atoms with van der Waals surface area (Å²) in [5.74, 6) is 0.834. The lowest BCUT2D eigenvalue weighted by atomic mass is 10.2. The number of amides is 1. The van der Waals surface area contributed by atoms with E-state index in [4.69, 9.17) is 23.7 Å². The number of methoxy groups -OCH3 is 5. The van der Waals surface area contributed by atoms with Crippen molar-refractivity contribution in [1.82, 2.24) is 4.57 Å². The molecule has 1 aromatic heterocycles. The molecule has 0 aliphatic heterocycles. The number of nitrogens with zero attached hydrogens (tertiary/aromatic N) is 2. The monoisotopic (exact) mass is 446 g/mol. The van der Waals surface area contributed by atoms with E-state index in [0.717, 1.165) is 4.70 Å². The van der Waals surface area contributed by atoms with Gasteiger partial charge in [0, 0.05) is 12.1 Å². The molecule has 1 heterocycles. The molecule has 0 N–H and O–H groups in total. The quantitative estimate of drug-likeness (QED) is 0.515. The van der Waals surface area contributed by atoms with E-state index in [1.54, 1.807) is 34.9 Å². The average Bonchev–Trinajstić information content (AvgIpc) is 3.12. The number of carbonyl (C=O) groups is 2. The summed E-state index contributed by atoms with van der Waals surface area (Å²) in [6.07, 6.45) is 0. The molecule has 0 bridgehead atoms. The molecule has 1 amide bonds. The van der Waals surface area contributed by atoms with Gasteiger partial charge in [-0.15, -0.1) is 0 Å². The predicted octanol–water partition coefficient (Wildman–Crippen LogP) is 2.65. The Morgan fingerprint density at radius 3 is 2.19 bits per heavy atom. The zero-order valence-corrected chi connectivity index (χ0v) is 18.6. The zero-order valence-electron chi connectivity index (χ0n) is 17.8. The minimum absolute atomic E-state index is 0.132. The molecule has 0 saturated heterocycles. The summed E-state index contributed by atoms with van der Waals surface area (Å²) in [4.78, 5) is 29.6. The molecule has 0 spiro atoms. The fourth-order valence-electron chi connectivity index (χ4n) is 2.96. The first-order chi connectivity index (χ1) is 14.9. The third kappa shape index (κ3) is 4.48. The Hall–Kier alpha value is -3.53. The van der Waals surface area contributed by atoms with Crippen LogP contribution in [0.3, 0.4) is 0 Å². The van der Waals surface area contributed by atoms with Gasteiger partial charge < -0.3 is 28.3 Å². The van der Waals surface area contributed by atoms with E-state index in [1.165, 1.54) is 46.9 Å². The molecule has 0 radical (unpaired) electrons. The summed E-state index contributed by atoms with van der Waals surface area (Å²) >= 11 is 1.23. The van der Waals surface area contributed by atoms with Crippen LogP contribution in [-0.2, 0) is 16.1 Å². The van der Waals surface area contributed by atoms with Crippen LogP contribution >= 0.6 is 11.3 Å². The number of hydrogen-bond acceptors (Lipinski definition) is 8. The topological polar surface area (TPSA) is 97.6 Å². The Balaban J connectivity index is 2.22. The first-order valence-corrected chi connectivity index (χ1v) is 9.90. The van der Waals surface area contributed by atoms with Gasteiger partial charge in [-0.1, -0.05) is 11.3 Å². The average molecular weight is 446 g/mol. The molecule has 0 aliphatic carbocycles. The predicted molar refractivity (Wildman–Crippen MR) is 114 cm³/mol. The van der Waals surface area contributed by atoms with E-state index in [2.05, 4.69) is 4.99 Å². The fourth-order valence-corrected chi connectivity index (χ4v) is 3.99. The fraction of sp³-hybridized carbons (Fsp3) is 0.286. The third-order valence-corrected chi connectivity index (χ3v) is 5.58. The highest BCUT2D eigenvalue weighted by atomic mass is 32.1. The van der Waals surface area contributed by atoms with E-state index >= 15 is 0 Å². The first-order valence-electron chi connectivity index (χ1n) is 9.09. The molecular formula is C21H22N2O7S. The van der Waals surface area contributed by atoms with Crippen molar-refractivity contribution < 1.29 is 33.3 Å². The molecule has 3 rings (SSSR count). The van der Waals surface area contributed by atoms with Crippen molar-refractivity contribution in [2.75, 3.05) is 35.5 Å². The number of carbonyl (C=O) groups excluding carboxylic acids is 2. The van der Waals surface area contributed by atoms with E-state index < -0.39 is 11.9 Å². The molecule has 0 aliphatic rings. The maximum absolute atomic E-state index is 13.0. The van der Waals surface area contributed by atoms with E-state index in [9.17, 15) is 9.59 Å². The van der Waals surface area contributed by atoms with Gasteiger partial charge in [0.1, 0.15) is 18.0 Å². The Kier molecular flexibility index (Phi) is 6.81. The number of rotatable bonds is 7. The normalized spacial score (nSPS) is 11.3. The molecule has 0 atom stereocenters. The second kappa shape index (κ2) is 9.52. The lowest BCUT2D eigenvalue weighted by Gasteiger charge is -2.09. The second-order valence-electron chi connectivity index (χ2n) is 6.21. The molecule has 9 nitrogen and oxygen atoms in total. The Morgan fingerprint density at radius 2 is 1.58 bits per heavy atom. The Labute approximate surface area is 182 Å². The van der Waals surface area contributed by atoms with Crippen LogP contribution in [0.2, 0.25) is 0 Å². The zero-order chi connectivity index (χ0) is 22.5. The summed E-state index contributed by atoms with van der Waals surface area (Å²) in [6, 6.07) is 8.36. The van der Waals surface area contributed by atoms with Gasteiger partial charge in [-0.05, 0) is 18.2 Å². The number of benzene rings is 2. The maximum Gasteiger partial charge on any atom is 0.325 e. The van der Waals surface area contributed by atoms with Gasteiger partial charge in [-0.2, -0.15) is 4.99 Å². The van der Waals surface area contributed by atoms with Crippen LogP contribution < -0.4 is 23.7 Å². The Morgan fingerprint density at radius 1 is 0.903 bits per heavy atom. The number of thiazole rings is 1. The molecule has 31 heavy (non-hydrogen) atoms. The van der Waals surface area contributed by atoms with Crippen molar-refractivity contribution in [2.45, 2.75) is 6.54 Å². The standard InChI is InChI=1S/C21H22N2O7S/c1-26-12-6-7-15(27-2)13(8-12)20(25)22-21-23(11-19(24)30-5)14-9-16(28-3)17(29-4)10-18(14)31-21/h6-10H,11H2,1-5H3. The molecule has 164 valence electrons. The van der Waals surface area contributed by atoms with E-state index in [-0.39, 0.29) is 12.1 Å². The van der Waals surface area contributed by atoms with Gasteiger partial charge in [0.05, 0.1) is 51.3 Å². The highest BCUT2D eigenvalue weighted by Crippen LogP contribution is 2.33. The molecule has 10 heteroatoms. The second-order valence-corrected chi connectivity index (χ2v) is 7.21. The molecule has 3 aromatic rings. The number of fused-ring (bicyclic) bond motifs is 1. The maximum atomic E-state index is 13.0. The van der Waals surface area contributed by atoms with Crippen molar-refractivity contribution in [2.24, 2.45) is 4.99 Å². The van der Waals surface area contributed by atoms with Crippen LogP contribution in [0.25, 0.3) is 10.2 Å². The summed E-state index contributed by atoms with van der Waals surface area (Å²) in [5.41, 5.74) is 0.885. The summed E-state index contributed by atoms with van der Waals surface area (Å²) in [6.45, 7) is -0.132. The molecular weight excluding hydrogens is 424 g/mol. The SMILES string of the molecule is COC(=O)Cn1c(=NC(=O)c2cc(OC)ccc2OC)sc2cc(OC)c(OC)cc21. The van der Waals surface area contributed by atoms with Crippen LogP contribution in [0.5, 0.6) is 23.0 Å². The molecule has 0 fully saturated rings. The summed E-state index contributed by atoms with van der Waals surface area (Å²) in [7, 11) is 7.32. The smallest absolute Gasteiger partial charge is 0.325 e. The van der Waals surface area contributed by atoms with Crippen molar-refractivity contribution in [3.8, 4) is 23.0 Å². The van der Waals surface area contributed by atoms with Crippen molar-refractivity contribution in [1.29, 1.82) is 0 Å². The van der Waals surface area contributed by atoms with E-state index in [1.807, 2.05) is 0 Å². The van der Waals surface area contributed by atoms with Crippen molar-refractivity contribution in [3.05, 3.63) is 40.7 Å². The van der Waals surface area contributed by atoms with Gasteiger partial charge in [0.2, 0.25) is 0 Å². The largest absolute Gasteiger partial charge is 0.497 e. The highest BCUT2D eigenvalue weighted by molar-refractivity contribution is 7.16. The Bertz CT molecular complexity index is 1200. The van der Waals surface area contributed by atoms with Crippen molar-refractivity contribution in [3.63, 3.8) is 0 Å².